The van der Waals surface area contributed by atoms with Gasteiger partial charge in [0.1, 0.15) is 0 Å². The molecule has 0 radical (unpaired) electrons. The van der Waals surface area contributed by atoms with E-state index in [1.54, 1.807) is 11.3 Å². The predicted molar refractivity (Wildman–Crippen MR) is 79.8 cm³/mol. The van der Waals surface area contributed by atoms with E-state index in [1.165, 1.54) is 19.3 Å². The second-order valence-electron chi connectivity index (χ2n) is 3.47. The molecule has 1 heterocycles. The minimum atomic E-state index is 0.907. The molecule has 1 fully saturated rings. The van der Waals surface area contributed by atoms with Crippen LogP contribution in [-0.2, 0) is 0 Å². The minimum Gasteiger partial charge on any atom is -0.417 e. The lowest BCUT2D eigenvalue weighted by Gasteiger charge is -1.96. The fourth-order valence-corrected chi connectivity index (χ4v) is 2.78. The summed E-state index contributed by atoms with van der Waals surface area (Å²) in [6.07, 6.45) is 4.47. The van der Waals surface area contributed by atoms with Gasteiger partial charge in [0.2, 0.25) is 0 Å². The van der Waals surface area contributed by atoms with Crippen LogP contribution in [0.5, 0.6) is 5.06 Å². The number of halogens is 2. The van der Waals surface area contributed by atoms with E-state index in [0.717, 1.165) is 14.9 Å². The molecule has 1 nitrogen and oxygen atoms in total. The standard InChI is InChI=1S/C6H11I.C4H3IOS/c1-5(7)4-6-2-3-6;5-6-4-2-1-3-7-4/h5-6H,2-4H2,1H3;1-3H. The summed E-state index contributed by atoms with van der Waals surface area (Å²) in [6.45, 7) is 2.29. The third-order valence-electron chi connectivity index (χ3n) is 1.93. The molecule has 0 N–H and O–H groups in total. The van der Waals surface area contributed by atoms with E-state index in [2.05, 4.69) is 29.5 Å². The molecule has 1 atom stereocenters. The number of alkyl halides is 1. The van der Waals surface area contributed by atoms with E-state index in [4.69, 9.17) is 3.07 Å². The SMILES string of the molecule is CC(I)CC1CC1.IOc1cccs1. The van der Waals surface area contributed by atoms with Gasteiger partial charge >= 0.3 is 0 Å². The lowest BCUT2D eigenvalue weighted by Crippen LogP contribution is -1.88. The van der Waals surface area contributed by atoms with Crippen LogP contribution in [0.4, 0.5) is 0 Å². The Balaban J connectivity index is 0.000000140. The van der Waals surface area contributed by atoms with Crippen molar-refractivity contribution in [1.82, 2.24) is 0 Å². The van der Waals surface area contributed by atoms with Crippen LogP contribution in [0.1, 0.15) is 26.2 Å². The van der Waals surface area contributed by atoms with Crippen LogP contribution in [0.3, 0.4) is 0 Å². The predicted octanol–water partition coefficient (Wildman–Crippen LogP) is 5.09. The number of rotatable bonds is 3. The fraction of sp³-hybridized carbons (Fsp3) is 0.600. The maximum Gasteiger partial charge on any atom is 0.193 e. The van der Waals surface area contributed by atoms with Crippen molar-refractivity contribution < 1.29 is 3.07 Å². The van der Waals surface area contributed by atoms with Crippen LogP contribution in [0, 0.1) is 5.92 Å². The van der Waals surface area contributed by atoms with Crippen LogP contribution in [0.2, 0.25) is 0 Å². The lowest BCUT2D eigenvalue weighted by molar-refractivity contribution is 0.737. The summed E-state index contributed by atoms with van der Waals surface area (Å²) in [5.41, 5.74) is 0. The molecule has 1 aromatic heterocycles. The molecule has 0 bridgehead atoms. The van der Waals surface area contributed by atoms with Crippen molar-refractivity contribution in [2.75, 3.05) is 0 Å². The van der Waals surface area contributed by atoms with Crippen molar-refractivity contribution in [1.29, 1.82) is 0 Å². The van der Waals surface area contributed by atoms with Crippen molar-refractivity contribution >= 4 is 56.9 Å². The Labute approximate surface area is 117 Å². The van der Waals surface area contributed by atoms with Crippen LogP contribution < -0.4 is 3.07 Å². The van der Waals surface area contributed by atoms with Crippen molar-refractivity contribution in [3.05, 3.63) is 17.5 Å². The Bertz CT molecular complexity index is 232. The number of hydrogen-bond acceptors (Lipinski definition) is 2. The molecule has 2 rings (SSSR count). The van der Waals surface area contributed by atoms with Gasteiger partial charge in [-0.1, -0.05) is 42.4 Å². The molecule has 1 aromatic rings. The third kappa shape index (κ3) is 6.44. The van der Waals surface area contributed by atoms with Crippen LogP contribution in [0.25, 0.3) is 0 Å². The Morgan fingerprint density at radius 2 is 2.36 bits per heavy atom. The van der Waals surface area contributed by atoms with Gasteiger partial charge < -0.3 is 3.07 Å². The zero-order valence-electron chi connectivity index (χ0n) is 8.08. The quantitative estimate of drug-likeness (QED) is 0.474. The molecule has 0 amide bonds. The minimum absolute atomic E-state index is 0.907. The van der Waals surface area contributed by atoms with Crippen LogP contribution in [-0.4, -0.2) is 3.92 Å². The zero-order chi connectivity index (χ0) is 10.4. The van der Waals surface area contributed by atoms with Gasteiger partial charge in [0, 0.05) is 3.92 Å². The summed E-state index contributed by atoms with van der Waals surface area (Å²) in [4.78, 5) is 0. The summed E-state index contributed by atoms with van der Waals surface area (Å²) >= 11 is 5.95. The first-order valence-electron chi connectivity index (χ1n) is 4.68. The van der Waals surface area contributed by atoms with Crippen molar-refractivity contribution in [3.63, 3.8) is 0 Å². The Morgan fingerprint density at radius 3 is 2.57 bits per heavy atom. The van der Waals surface area contributed by atoms with Gasteiger partial charge in [0.15, 0.2) is 28.1 Å². The van der Waals surface area contributed by atoms with E-state index in [9.17, 15) is 0 Å². The van der Waals surface area contributed by atoms with Gasteiger partial charge in [-0.05, 0) is 29.9 Å². The van der Waals surface area contributed by atoms with E-state index < -0.39 is 0 Å². The normalized spacial score (nSPS) is 16.8. The molecule has 0 aliphatic heterocycles. The second-order valence-corrected chi connectivity index (χ2v) is 6.95. The molecule has 1 saturated carbocycles. The van der Waals surface area contributed by atoms with E-state index in [-0.39, 0.29) is 0 Å². The van der Waals surface area contributed by atoms with Gasteiger partial charge in [-0.3, -0.25) is 0 Å². The molecule has 0 saturated heterocycles. The van der Waals surface area contributed by atoms with E-state index in [1.807, 2.05) is 40.5 Å². The summed E-state index contributed by atoms with van der Waals surface area (Å²) < 4.78 is 5.75. The molecule has 1 unspecified atom stereocenters. The first-order valence-corrected chi connectivity index (χ1v) is 7.69. The van der Waals surface area contributed by atoms with Crippen LogP contribution in [0.15, 0.2) is 17.5 Å². The maximum atomic E-state index is 4.84. The average molecular weight is 436 g/mol. The Morgan fingerprint density at radius 1 is 1.64 bits per heavy atom. The summed E-state index contributed by atoms with van der Waals surface area (Å²) in [7, 11) is 0. The summed E-state index contributed by atoms with van der Waals surface area (Å²) in [6, 6.07) is 3.88. The molecular weight excluding hydrogens is 422 g/mol. The Kier molecular flexibility index (Phi) is 6.76. The molecule has 1 aliphatic carbocycles. The first-order chi connectivity index (χ1) is 6.72. The van der Waals surface area contributed by atoms with Crippen LogP contribution >= 0.6 is 56.9 Å². The Hall–Kier alpha value is 0.960. The number of hydrogen-bond donors (Lipinski definition) is 0. The molecule has 1 aliphatic rings. The molecule has 80 valence electrons. The van der Waals surface area contributed by atoms with Gasteiger partial charge in [-0.15, -0.1) is 11.3 Å². The largest absolute Gasteiger partial charge is 0.417 e. The monoisotopic (exact) mass is 436 g/mol. The molecule has 14 heavy (non-hydrogen) atoms. The summed E-state index contributed by atoms with van der Waals surface area (Å²) in [5, 5.41) is 2.94. The van der Waals surface area contributed by atoms with Crippen molar-refractivity contribution in [2.24, 2.45) is 5.92 Å². The van der Waals surface area contributed by atoms with Crippen molar-refractivity contribution in [2.45, 2.75) is 30.1 Å². The van der Waals surface area contributed by atoms with Gasteiger partial charge in [-0.2, -0.15) is 0 Å². The average Bonchev–Trinajstić information content (AvgIpc) is 2.81. The zero-order valence-corrected chi connectivity index (χ0v) is 13.2. The van der Waals surface area contributed by atoms with E-state index in [0.29, 0.717) is 0 Å². The molecule has 4 heteroatoms. The lowest BCUT2D eigenvalue weighted by atomic mass is 10.2. The number of thiophene rings is 1. The molecular formula is C10H14I2OS. The van der Waals surface area contributed by atoms with Crippen molar-refractivity contribution in [3.8, 4) is 5.06 Å². The second kappa shape index (κ2) is 7.27. The topological polar surface area (TPSA) is 9.23 Å². The highest BCUT2D eigenvalue weighted by molar-refractivity contribution is 14.1. The first kappa shape index (κ1) is 13.0. The highest BCUT2D eigenvalue weighted by Crippen LogP contribution is 2.35. The van der Waals surface area contributed by atoms with Gasteiger partial charge in [-0.25, -0.2) is 0 Å². The molecule has 0 spiro atoms. The highest BCUT2D eigenvalue weighted by atomic mass is 127. The fourth-order valence-electron chi connectivity index (χ4n) is 1.12. The maximum absolute atomic E-state index is 4.84. The van der Waals surface area contributed by atoms with Gasteiger partial charge in [0.05, 0.1) is 0 Å². The smallest absolute Gasteiger partial charge is 0.193 e. The highest BCUT2D eigenvalue weighted by Gasteiger charge is 2.21. The van der Waals surface area contributed by atoms with E-state index >= 15 is 0 Å². The third-order valence-corrected chi connectivity index (χ3v) is 3.95. The summed E-state index contributed by atoms with van der Waals surface area (Å²) in [5.74, 6) is 1.12. The van der Waals surface area contributed by atoms with Gasteiger partial charge in [0.25, 0.3) is 0 Å². The molecule has 0 aromatic carbocycles.